The molecule has 0 aliphatic rings. The number of aliphatic carboxylic acids is 1. The van der Waals surface area contributed by atoms with E-state index in [0.29, 0.717) is 0 Å². The maximum absolute atomic E-state index is 9.29. The highest BCUT2D eigenvalue weighted by Crippen LogP contribution is 1.66. The van der Waals surface area contributed by atoms with Gasteiger partial charge in [-0.3, -0.25) is 15.3 Å². The summed E-state index contributed by atoms with van der Waals surface area (Å²) in [4.78, 5) is 9.29. The van der Waals surface area contributed by atoms with Gasteiger partial charge in [-0.1, -0.05) is 0 Å². The van der Waals surface area contributed by atoms with E-state index in [1.807, 2.05) is 0 Å². The zero-order valence-electron chi connectivity index (χ0n) is 4.11. The fraction of sp³-hybridized carbons (Fsp3) is 0.500. The zero-order valence-corrected chi connectivity index (χ0v) is 5.01. The van der Waals surface area contributed by atoms with Crippen LogP contribution >= 0.6 is 12.6 Å². The lowest BCUT2D eigenvalue weighted by Crippen LogP contribution is -1.92. The first-order chi connectivity index (χ1) is 3.27. The Morgan fingerprint density at radius 3 is 1.62 bits per heavy atom. The van der Waals surface area contributed by atoms with Crippen molar-refractivity contribution in [2.75, 3.05) is 5.75 Å². The molecule has 0 saturated carbocycles. The average Bonchev–Trinajstić information content (AvgIpc) is 1.73. The quantitative estimate of drug-likeness (QED) is 0.204. The normalized spacial score (nSPS) is 5.38. The van der Waals surface area contributed by atoms with Gasteiger partial charge in [0.1, 0.15) is 0 Å². The minimum absolute atomic E-state index is 0. The van der Waals surface area contributed by atoms with E-state index in [9.17, 15) is 4.79 Å². The number of hydrogen-bond acceptors (Lipinski definition) is 5. The van der Waals surface area contributed by atoms with Crippen LogP contribution in [0.15, 0.2) is 0 Å². The number of carboxylic acids is 1. The molecule has 0 rings (SSSR count). The maximum atomic E-state index is 9.29. The van der Waals surface area contributed by atoms with Crippen LogP contribution in [-0.2, 0) is 4.79 Å². The van der Waals surface area contributed by atoms with Crippen molar-refractivity contribution >= 4 is 18.6 Å². The predicted molar refractivity (Wildman–Crippen MR) is 31.8 cm³/mol. The van der Waals surface area contributed by atoms with Crippen molar-refractivity contribution in [3.05, 3.63) is 0 Å². The summed E-state index contributed by atoms with van der Waals surface area (Å²) in [7, 11) is 0. The summed E-state index contributed by atoms with van der Waals surface area (Å²) in [6.45, 7) is 0. The minimum atomic E-state index is -0.881. The molecule has 0 bridgehead atoms. The van der Waals surface area contributed by atoms with Crippen LogP contribution in [0, 0.1) is 0 Å². The number of carboxylic acid groups (broad SMARTS) is 1. The molecule has 0 aliphatic heterocycles. The summed E-state index contributed by atoms with van der Waals surface area (Å²) in [6, 6.07) is 0. The molecule has 0 radical (unpaired) electrons. The van der Waals surface area contributed by atoms with Crippen molar-refractivity contribution in [3.63, 3.8) is 0 Å². The first-order valence-electron chi connectivity index (χ1n) is 1.30. The van der Waals surface area contributed by atoms with E-state index in [2.05, 4.69) is 12.6 Å². The molecule has 0 heterocycles. The summed E-state index contributed by atoms with van der Waals surface area (Å²) >= 11 is 3.42. The summed E-state index contributed by atoms with van der Waals surface area (Å²) in [6.07, 6.45) is 0. The Morgan fingerprint density at radius 1 is 1.50 bits per heavy atom. The third-order valence-electron chi connectivity index (χ3n) is 0.135. The lowest BCUT2D eigenvalue weighted by Gasteiger charge is -1.71. The minimum Gasteiger partial charge on any atom is -0.481 e. The van der Waals surface area contributed by atoms with Gasteiger partial charge >= 0.3 is 5.97 Å². The highest BCUT2D eigenvalue weighted by Gasteiger charge is 1.81. The van der Waals surface area contributed by atoms with E-state index in [1.54, 1.807) is 0 Å². The van der Waals surface area contributed by atoms with Crippen LogP contribution in [0.4, 0.5) is 0 Å². The van der Waals surface area contributed by atoms with Gasteiger partial charge in [0.25, 0.3) is 0 Å². The lowest BCUT2D eigenvalue weighted by atomic mass is 10.8. The zero-order chi connectivity index (χ0) is 6.28. The van der Waals surface area contributed by atoms with E-state index in [0.717, 1.165) is 0 Å². The molecule has 0 atom stereocenters. The Kier molecular flexibility index (Phi) is 31.1. The molecule has 5 nitrogen and oxygen atoms in total. The van der Waals surface area contributed by atoms with Crippen molar-refractivity contribution in [1.82, 2.24) is 6.15 Å². The number of hydrogen-bond donors (Lipinski definition) is 5. The first kappa shape index (κ1) is 15.6. The molecule has 0 fully saturated rings. The molecular weight excluding hydrogens is 134 g/mol. The number of carbonyl (C=O) groups is 1. The molecular formula is C2H9NO4S. The van der Waals surface area contributed by atoms with Crippen LogP contribution in [0.3, 0.4) is 0 Å². The molecule has 0 unspecified atom stereocenters. The average molecular weight is 143 g/mol. The van der Waals surface area contributed by atoms with Crippen molar-refractivity contribution in [3.8, 4) is 0 Å². The molecule has 0 spiro atoms. The molecule has 0 amide bonds. The highest BCUT2D eigenvalue weighted by atomic mass is 32.1. The number of rotatable bonds is 1. The predicted octanol–water partition coefficient (Wildman–Crippen LogP) is 0.180. The monoisotopic (exact) mass is 143 g/mol. The van der Waals surface area contributed by atoms with E-state index in [-0.39, 0.29) is 11.9 Å². The fourth-order valence-corrected chi connectivity index (χ4v) is 0. The summed E-state index contributed by atoms with van der Waals surface area (Å²) in [5.74, 6) is -0.965. The van der Waals surface area contributed by atoms with Gasteiger partial charge in [0.05, 0.1) is 5.75 Å². The van der Waals surface area contributed by atoms with Gasteiger partial charge in [-0.25, -0.2) is 0 Å². The topological polar surface area (TPSA) is 113 Å². The molecule has 0 saturated heterocycles. The Hall–Kier alpha value is -0.300. The molecule has 8 heavy (non-hydrogen) atoms. The van der Waals surface area contributed by atoms with E-state index in [4.69, 9.17) is 15.6 Å². The van der Waals surface area contributed by atoms with Crippen LogP contribution in [0.2, 0.25) is 0 Å². The van der Waals surface area contributed by atoms with Gasteiger partial charge in [-0.2, -0.15) is 12.6 Å². The third kappa shape index (κ3) is 43.6. The SMILES string of the molecule is N.O=C(O)CS.OO. The van der Waals surface area contributed by atoms with Crippen LogP contribution in [0.25, 0.3) is 0 Å². The Balaban J connectivity index is -0.0000000750. The van der Waals surface area contributed by atoms with Gasteiger partial charge in [0.15, 0.2) is 0 Å². The molecule has 52 valence electrons. The first-order valence-corrected chi connectivity index (χ1v) is 1.93. The van der Waals surface area contributed by atoms with Crippen molar-refractivity contribution in [1.29, 1.82) is 0 Å². The van der Waals surface area contributed by atoms with Crippen LogP contribution in [0.1, 0.15) is 0 Å². The van der Waals surface area contributed by atoms with Crippen LogP contribution < -0.4 is 6.15 Å². The molecule has 0 aliphatic carbocycles. The molecule has 6 heteroatoms. The maximum Gasteiger partial charge on any atom is 0.313 e. The Labute approximate surface area is 51.9 Å². The third-order valence-corrected chi connectivity index (χ3v) is 0.406. The van der Waals surface area contributed by atoms with Crippen molar-refractivity contribution < 1.29 is 20.4 Å². The van der Waals surface area contributed by atoms with Crippen molar-refractivity contribution in [2.24, 2.45) is 0 Å². The second-order valence-electron chi connectivity index (χ2n) is 0.552. The van der Waals surface area contributed by atoms with E-state index in [1.165, 1.54) is 0 Å². The standard InChI is InChI=1S/C2H4O2S.H3N.H2O2/c3-2(4)1-5;;1-2/h5H,1H2,(H,3,4);1H3;1-2H. The lowest BCUT2D eigenvalue weighted by molar-refractivity contribution is -0.176. The van der Waals surface area contributed by atoms with Crippen molar-refractivity contribution in [2.45, 2.75) is 0 Å². The molecule has 0 aromatic carbocycles. The second-order valence-corrected chi connectivity index (χ2v) is 0.868. The molecule has 0 aromatic heterocycles. The molecule has 6 N–H and O–H groups in total. The Morgan fingerprint density at radius 2 is 1.62 bits per heavy atom. The highest BCUT2D eigenvalue weighted by molar-refractivity contribution is 7.81. The summed E-state index contributed by atoms with van der Waals surface area (Å²) in [5, 5.41) is 19.6. The largest absolute Gasteiger partial charge is 0.481 e. The smallest absolute Gasteiger partial charge is 0.313 e. The van der Waals surface area contributed by atoms with Crippen LogP contribution in [0.5, 0.6) is 0 Å². The van der Waals surface area contributed by atoms with Gasteiger partial charge in [-0.05, 0) is 0 Å². The van der Waals surface area contributed by atoms with Gasteiger partial charge in [-0.15, -0.1) is 0 Å². The van der Waals surface area contributed by atoms with Crippen LogP contribution in [-0.4, -0.2) is 27.3 Å². The Bertz CT molecular complexity index is 49.3. The van der Waals surface area contributed by atoms with Gasteiger partial charge in [0, 0.05) is 0 Å². The van der Waals surface area contributed by atoms with E-state index < -0.39 is 5.97 Å². The van der Waals surface area contributed by atoms with Gasteiger partial charge < -0.3 is 11.3 Å². The number of thiol groups is 1. The van der Waals surface area contributed by atoms with Gasteiger partial charge in [0.2, 0.25) is 0 Å². The van der Waals surface area contributed by atoms with E-state index >= 15 is 0 Å². The second kappa shape index (κ2) is 15.9. The fourth-order valence-electron chi connectivity index (χ4n) is 0. The summed E-state index contributed by atoms with van der Waals surface area (Å²) < 4.78 is 0. The molecule has 0 aromatic rings. The summed E-state index contributed by atoms with van der Waals surface area (Å²) in [5.41, 5.74) is 0.